The van der Waals surface area contributed by atoms with Gasteiger partial charge in [-0.25, -0.2) is 4.98 Å². The fourth-order valence-corrected chi connectivity index (χ4v) is 1.05. The van der Waals surface area contributed by atoms with Crippen molar-refractivity contribution in [3.8, 4) is 0 Å². The summed E-state index contributed by atoms with van der Waals surface area (Å²) in [5, 5.41) is 0. The zero-order valence-electron chi connectivity index (χ0n) is 4.78. The third-order valence-corrected chi connectivity index (χ3v) is 1.83. The SMILES string of the molecule is SSCCc1ncco1. The highest BCUT2D eigenvalue weighted by Crippen LogP contribution is 2.07. The van der Waals surface area contributed by atoms with E-state index in [9.17, 15) is 0 Å². The van der Waals surface area contributed by atoms with Gasteiger partial charge in [-0.3, -0.25) is 0 Å². The van der Waals surface area contributed by atoms with E-state index in [2.05, 4.69) is 16.6 Å². The maximum atomic E-state index is 4.98. The van der Waals surface area contributed by atoms with Gasteiger partial charge in [-0.1, -0.05) is 10.8 Å². The molecule has 0 aromatic carbocycles. The Bertz CT molecular complexity index is 152. The van der Waals surface area contributed by atoms with Gasteiger partial charge >= 0.3 is 0 Å². The molecule has 0 saturated carbocycles. The van der Waals surface area contributed by atoms with Gasteiger partial charge in [0.15, 0.2) is 5.89 Å². The van der Waals surface area contributed by atoms with Crippen LogP contribution in [0.3, 0.4) is 0 Å². The van der Waals surface area contributed by atoms with Gasteiger partial charge in [-0.15, -0.1) is 11.7 Å². The van der Waals surface area contributed by atoms with Crippen LogP contribution in [0.2, 0.25) is 0 Å². The van der Waals surface area contributed by atoms with E-state index in [1.54, 1.807) is 12.5 Å². The Morgan fingerprint density at radius 2 is 2.67 bits per heavy atom. The van der Waals surface area contributed by atoms with E-state index in [0.717, 1.165) is 18.1 Å². The summed E-state index contributed by atoms with van der Waals surface area (Å²) in [6.45, 7) is 0. The summed E-state index contributed by atoms with van der Waals surface area (Å²) in [4.78, 5) is 3.94. The van der Waals surface area contributed by atoms with E-state index in [1.807, 2.05) is 0 Å². The molecule has 0 radical (unpaired) electrons. The largest absolute Gasteiger partial charge is 0.449 e. The molecule has 0 aliphatic rings. The molecule has 4 heteroatoms. The topological polar surface area (TPSA) is 26.0 Å². The van der Waals surface area contributed by atoms with Crippen molar-refractivity contribution in [3.05, 3.63) is 18.4 Å². The molecule has 0 atom stereocenters. The molecule has 0 unspecified atom stereocenters. The van der Waals surface area contributed by atoms with Crippen LogP contribution in [0, 0.1) is 0 Å². The predicted octanol–water partition coefficient (Wildman–Crippen LogP) is 1.80. The number of aromatic nitrogens is 1. The summed E-state index contributed by atoms with van der Waals surface area (Å²) < 4.78 is 4.98. The van der Waals surface area contributed by atoms with Crippen LogP contribution in [-0.2, 0) is 6.42 Å². The van der Waals surface area contributed by atoms with Gasteiger partial charge in [0.05, 0.1) is 6.20 Å². The number of hydrogen-bond acceptors (Lipinski definition) is 4. The normalized spacial score (nSPS) is 9.89. The van der Waals surface area contributed by atoms with Crippen LogP contribution in [0.5, 0.6) is 0 Å². The number of oxazole rings is 1. The molecule has 50 valence electrons. The van der Waals surface area contributed by atoms with Gasteiger partial charge < -0.3 is 4.42 Å². The first-order valence-electron chi connectivity index (χ1n) is 2.58. The van der Waals surface area contributed by atoms with Crippen LogP contribution in [0.1, 0.15) is 5.89 Å². The van der Waals surface area contributed by atoms with Crippen LogP contribution < -0.4 is 0 Å². The minimum Gasteiger partial charge on any atom is -0.449 e. The summed E-state index contributed by atoms with van der Waals surface area (Å²) in [5.74, 6) is 1.74. The number of hydrogen-bond donors (Lipinski definition) is 1. The molecule has 0 saturated heterocycles. The minimum absolute atomic E-state index is 0.788. The Labute approximate surface area is 62.9 Å². The predicted molar refractivity (Wildman–Crippen MR) is 41.7 cm³/mol. The number of thiol groups is 1. The molecule has 2 nitrogen and oxygen atoms in total. The van der Waals surface area contributed by atoms with Crippen LogP contribution in [-0.4, -0.2) is 10.7 Å². The molecule has 0 spiro atoms. The molecule has 9 heavy (non-hydrogen) atoms. The fourth-order valence-electron chi connectivity index (χ4n) is 0.509. The van der Waals surface area contributed by atoms with Crippen LogP contribution in [0.4, 0.5) is 0 Å². The Hall–Kier alpha value is -0.0900. The molecular weight excluding hydrogens is 154 g/mol. The van der Waals surface area contributed by atoms with Gasteiger partial charge in [0.25, 0.3) is 0 Å². The molecule has 0 amide bonds. The molecule has 0 N–H and O–H groups in total. The number of aryl methyl sites for hydroxylation is 1. The first kappa shape index (κ1) is 7.02. The Balaban J connectivity index is 2.30. The minimum atomic E-state index is 0.788. The highest BCUT2D eigenvalue weighted by molar-refractivity contribution is 8.68. The summed E-state index contributed by atoms with van der Waals surface area (Å²) in [7, 11) is 1.49. The van der Waals surface area contributed by atoms with E-state index >= 15 is 0 Å². The zero-order valence-corrected chi connectivity index (χ0v) is 6.49. The summed E-state index contributed by atoms with van der Waals surface area (Å²) >= 11 is 3.98. The molecule has 1 aromatic rings. The van der Waals surface area contributed by atoms with Gasteiger partial charge in [-0.2, -0.15) is 0 Å². The fraction of sp³-hybridized carbons (Fsp3) is 0.400. The highest BCUT2D eigenvalue weighted by atomic mass is 33.1. The first-order valence-corrected chi connectivity index (χ1v) is 4.62. The summed E-state index contributed by atoms with van der Waals surface area (Å²) in [6, 6.07) is 0. The Morgan fingerprint density at radius 3 is 3.22 bits per heavy atom. The van der Waals surface area contributed by atoms with E-state index in [0.29, 0.717) is 0 Å². The van der Waals surface area contributed by atoms with Gasteiger partial charge in [-0.05, 0) is 0 Å². The number of rotatable bonds is 3. The molecule has 1 heterocycles. The van der Waals surface area contributed by atoms with E-state index in [-0.39, 0.29) is 0 Å². The summed E-state index contributed by atoms with van der Waals surface area (Å²) in [6.07, 6.45) is 4.10. The van der Waals surface area contributed by atoms with E-state index < -0.39 is 0 Å². The second kappa shape index (κ2) is 3.85. The lowest BCUT2D eigenvalue weighted by Gasteiger charge is -1.87. The Kier molecular flexibility index (Phi) is 3.00. The van der Waals surface area contributed by atoms with Crippen LogP contribution in [0.25, 0.3) is 0 Å². The molecule has 0 bridgehead atoms. The smallest absolute Gasteiger partial charge is 0.194 e. The third kappa shape index (κ3) is 2.32. The molecule has 0 aliphatic carbocycles. The summed E-state index contributed by atoms with van der Waals surface area (Å²) in [5.41, 5.74) is 0. The third-order valence-electron chi connectivity index (χ3n) is 0.891. The number of nitrogens with zero attached hydrogens (tertiary/aromatic N) is 1. The van der Waals surface area contributed by atoms with Crippen molar-refractivity contribution >= 4 is 22.5 Å². The Morgan fingerprint density at radius 1 is 1.78 bits per heavy atom. The average molecular weight is 161 g/mol. The molecular formula is C5H7NOS2. The highest BCUT2D eigenvalue weighted by Gasteiger charge is 1.93. The van der Waals surface area contributed by atoms with Gasteiger partial charge in [0, 0.05) is 12.2 Å². The van der Waals surface area contributed by atoms with Crippen molar-refractivity contribution in [2.24, 2.45) is 0 Å². The molecule has 0 aliphatic heterocycles. The lowest BCUT2D eigenvalue weighted by atomic mass is 10.5. The molecule has 1 rings (SSSR count). The van der Waals surface area contributed by atoms with Crippen molar-refractivity contribution in [1.82, 2.24) is 4.98 Å². The monoisotopic (exact) mass is 161 g/mol. The van der Waals surface area contributed by atoms with Gasteiger partial charge in [0.2, 0.25) is 0 Å². The lowest BCUT2D eigenvalue weighted by Crippen LogP contribution is -1.84. The van der Waals surface area contributed by atoms with Crippen molar-refractivity contribution in [1.29, 1.82) is 0 Å². The van der Waals surface area contributed by atoms with Crippen LogP contribution in [0.15, 0.2) is 16.9 Å². The van der Waals surface area contributed by atoms with Crippen LogP contribution >= 0.6 is 22.5 Å². The van der Waals surface area contributed by atoms with Crippen molar-refractivity contribution in [2.45, 2.75) is 6.42 Å². The maximum Gasteiger partial charge on any atom is 0.194 e. The standard InChI is InChI=1S/C5H7NOS2/c8-9-4-1-5-6-2-3-7-5/h2-3,8H,1,4H2. The quantitative estimate of drug-likeness (QED) is 0.540. The van der Waals surface area contributed by atoms with Crippen molar-refractivity contribution in [2.75, 3.05) is 5.75 Å². The maximum absolute atomic E-state index is 4.98. The average Bonchev–Trinajstić information content (AvgIpc) is 2.34. The van der Waals surface area contributed by atoms with Gasteiger partial charge in [0.1, 0.15) is 6.26 Å². The van der Waals surface area contributed by atoms with Crippen molar-refractivity contribution < 1.29 is 4.42 Å². The molecule has 0 fully saturated rings. The van der Waals surface area contributed by atoms with E-state index in [1.165, 1.54) is 10.8 Å². The lowest BCUT2D eigenvalue weighted by molar-refractivity contribution is 0.503. The second-order valence-corrected chi connectivity index (χ2v) is 2.95. The van der Waals surface area contributed by atoms with Crippen molar-refractivity contribution in [3.63, 3.8) is 0 Å². The molecule has 1 aromatic heterocycles. The second-order valence-electron chi connectivity index (χ2n) is 1.51. The zero-order chi connectivity index (χ0) is 6.53. The first-order chi connectivity index (χ1) is 4.43. The van der Waals surface area contributed by atoms with E-state index in [4.69, 9.17) is 4.42 Å².